The second-order valence-electron chi connectivity index (χ2n) is 13.0. The van der Waals surface area contributed by atoms with Gasteiger partial charge in [0.05, 0.1) is 31.6 Å². The highest BCUT2D eigenvalue weighted by atomic mass is 19.4. The largest absolute Gasteiger partial charge is 0.494 e. The average molecular weight is 678 g/mol. The van der Waals surface area contributed by atoms with Crippen LogP contribution in [0, 0.1) is 0 Å². The van der Waals surface area contributed by atoms with Gasteiger partial charge >= 0.3 is 6.18 Å². The number of likely N-dealkylation sites (N-methyl/N-ethyl adjacent to an activating group) is 1. The molecular formula is C35H42F3N9O2. The maximum atomic E-state index is 14.3. The number of hydrogen-bond donors (Lipinski definition) is 1. The molecule has 0 spiro atoms. The lowest BCUT2D eigenvalue weighted by molar-refractivity contribution is -0.138. The highest BCUT2D eigenvalue weighted by Gasteiger charge is 2.41. The zero-order chi connectivity index (χ0) is 34.1. The summed E-state index contributed by atoms with van der Waals surface area (Å²) in [4.78, 5) is 21.7. The lowest BCUT2D eigenvalue weighted by Gasteiger charge is -2.43. The second-order valence-corrected chi connectivity index (χ2v) is 13.0. The third-order valence-corrected chi connectivity index (χ3v) is 9.81. The van der Waals surface area contributed by atoms with Crippen LogP contribution in [-0.4, -0.2) is 95.6 Å². The molecule has 1 N–H and O–H groups in total. The van der Waals surface area contributed by atoms with Crippen LogP contribution < -0.4 is 20.0 Å². The zero-order valence-corrected chi connectivity index (χ0v) is 28.0. The van der Waals surface area contributed by atoms with Crippen LogP contribution in [0.25, 0.3) is 11.1 Å². The number of alkyl halides is 3. The van der Waals surface area contributed by atoms with Crippen molar-refractivity contribution in [1.82, 2.24) is 29.5 Å². The number of aryl methyl sites for hydroxylation is 1. The summed E-state index contributed by atoms with van der Waals surface area (Å²) in [7, 11) is 5.63. The Morgan fingerprint density at radius 1 is 0.939 bits per heavy atom. The monoisotopic (exact) mass is 677 g/mol. The van der Waals surface area contributed by atoms with Gasteiger partial charge in [-0.25, -0.2) is 10.0 Å². The van der Waals surface area contributed by atoms with Crippen molar-refractivity contribution in [2.24, 2.45) is 7.05 Å². The molecule has 14 heteroatoms. The van der Waals surface area contributed by atoms with Crippen LogP contribution >= 0.6 is 0 Å². The van der Waals surface area contributed by atoms with Gasteiger partial charge in [0, 0.05) is 94.1 Å². The first-order valence-corrected chi connectivity index (χ1v) is 16.7. The number of anilines is 4. The van der Waals surface area contributed by atoms with E-state index >= 15 is 0 Å². The van der Waals surface area contributed by atoms with Crippen molar-refractivity contribution in [3.05, 3.63) is 72.2 Å². The van der Waals surface area contributed by atoms with Crippen LogP contribution in [0.2, 0.25) is 0 Å². The molecule has 49 heavy (non-hydrogen) atoms. The van der Waals surface area contributed by atoms with Crippen molar-refractivity contribution < 1.29 is 22.7 Å². The van der Waals surface area contributed by atoms with Gasteiger partial charge in [-0.2, -0.15) is 23.3 Å². The lowest BCUT2D eigenvalue weighted by Crippen LogP contribution is -2.52. The summed E-state index contributed by atoms with van der Waals surface area (Å²) in [6, 6.07) is 13.4. The fourth-order valence-electron chi connectivity index (χ4n) is 7.13. The number of benzene rings is 2. The quantitative estimate of drug-likeness (QED) is 0.249. The van der Waals surface area contributed by atoms with Crippen LogP contribution in [0.3, 0.4) is 0 Å². The second kappa shape index (κ2) is 13.8. The molecule has 260 valence electrons. The molecule has 3 aliphatic heterocycles. The topological polar surface area (TPSA) is 87.1 Å². The van der Waals surface area contributed by atoms with Gasteiger partial charge in [0.15, 0.2) is 5.82 Å². The highest BCUT2D eigenvalue weighted by Crippen LogP contribution is 2.44. The van der Waals surface area contributed by atoms with Gasteiger partial charge in [-0.1, -0.05) is 30.3 Å². The number of nitrogens with zero attached hydrogens (tertiary/aromatic N) is 8. The number of rotatable bonds is 8. The Hall–Kier alpha value is -4.40. The number of halogens is 3. The molecule has 3 aliphatic rings. The molecule has 2 aromatic heterocycles. The summed E-state index contributed by atoms with van der Waals surface area (Å²) in [6.07, 6.45) is 2.52. The first kappa shape index (κ1) is 33.1. The Morgan fingerprint density at radius 3 is 2.37 bits per heavy atom. The van der Waals surface area contributed by atoms with E-state index in [1.165, 1.54) is 5.06 Å². The SMILES string of the molecule is COc1cc(N2CCC(N3CCN(C)CC3)CC2)c(-c2cnn(C)c2)cc1Nc1ncc(C(F)(F)F)c(N2OCCC2c2ccccc2)n1. The molecule has 0 bridgehead atoms. The Bertz CT molecular complexity index is 1740. The molecule has 3 saturated heterocycles. The minimum absolute atomic E-state index is 0.0125. The van der Waals surface area contributed by atoms with Crippen molar-refractivity contribution in [1.29, 1.82) is 0 Å². The predicted octanol–water partition coefficient (Wildman–Crippen LogP) is 5.75. The number of hydroxylamine groups is 1. The van der Waals surface area contributed by atoms with E-state index < -0.39 is 17.8 Å². The van der Waals surface area contributed by atoms with Crippen molar-refractivity contribution in [2.75, 3.05) is 75.3 Å². The van der Waals surface area contributed by atoms with Gasteiger partial charge in [0.2, 0.25) is 5.95 Å². The van der Waals surface area contributed by atoms with E-state index in [1.807, 2.05) is 61.9 Å². The van der Waals surface area contributed by atoms with Crippen LogP contribution in [0.1, 0.15) is 36.4 Å². The third kappa shape index (κ3) is 7.03. The van der Waals surface area contributed by atoms with Gasteiger partial charge in [-0.3, -0.25) is 14.4 Å². The Balaban J connectivity index is 1.20. The number of hydrogen-bond acceptors (Lipinski definition) is 10. The van der Waals surface area contributed by atoms with E-state index in [9.17, 15) is 13.2 Å². The molecule has 5 heterocycles. The molecule has 0 aliphatic carbocycles. The number of nitrogens with one attached hydrogen (secondary N) is 1. The maximum absolute atomic E-state index is 14.3. The van der Waals surface area contributed by atoms with Crippen LogP contribution in [-0.2, 0) is 18.1 Å². The van der Waals surface area contributed by atoms with Crippen LogP contribution in [0.15, 0.2) is 61.1 Å². The zero-order valence-electron chi connectivity index (χ0n) is 28.0. The number of piperazine rings is 1. The lowest BCUT2D eigenvalue weighted by atomic mass is 9.98. The van der Waals surface area contributed by atoms with Crippen molar-refractivity contribution >= 4 is 23.1 Å². The van der Waals surface area contributed by atoms with Crippen LogP contribution in [0.5, 0.6) is 5.75 Å². The average Bonchev–Trinajstić information content (AvgIpc) is 3.78. The highest BCUT2D eigenvalue weighted by molar-refractivity contribution is 5.85. The van der Waals surface area contributed by atoms with Crippen molar-refractivity contribution in [2.45, 2.75) is 37.5 Å². The van der Waals surface area contributed by atoms with E-state index in [-0.39, 0.29) is 18.4 Å². The molecule has 0 amide bonds. The Kier molecular flexibility index (Phi) is 9.36. The Morgan fingerprint density at radius 2 is 1.69 bits per heavy atom. The summed E-state index contributed by atoms with van der Waals surface area (Å²) in [5.74, 6) is 0.164. The standard InChI is InChI=1S/C35H42F3N9O2/c1-43-14-16-45(17-15-43)26-9-12-46(13-10-26)31-20-32(48-3)29(19-27(31)25-21-40-44(2)23-25)41-34-39-22-28(35(36,37)38)33(42-34)47-30(11-18-49-47)24-7-5-4-6-8-24/h4-8,19-23,26,30H,9-18H2,1-3H3,(H,39,41,42). The van der Waals surface area contributed by atoms with Gasteiger partial charge in [0.25, 0.3) is 0 Å². The minimum Gasteiger partial charge on any atom is -0.494 e. The fraction of sp³-hybridized carbons (Fsp3) is 0.457. The van der Waals surface area contributed by atoms with Gasteiger partial charge in [0.1, 0.15) is 11.3 Å². The normalized spacial score (nSPS) is 19.8. The summed E-state index contributed by atoms with van der Waals surface area (Å²) in [5.41, 5.74) is 3.23. The number of aromatic nitrogens is 4. The first-order chi connectivity index (χ1) is 23.7. The molecule has 7 rings (SSSR count). The predicted molar refractivity (Wildman–Crippen MR) is 182 cm³/mol. The summed E-state index contributed by atoms with van der Waals surface area (Å²) in [5, 5.41) is 8.85. The van der Waals surface area contributed by atoms with Crippen molar-refractivity contribution in [3.63, 3.8) is 0 Å². The third-order valence-electron chi connectivity index (χ3n) is 9.81. The van der Waals surface area contributed by atoms with E-state index in [0.717, 1.165) is 80.7 Å². The maximum Gasteiger partial charge on any atom is 0.421 e. The van der Waals surface area contributed by atoms with E-state index in [2.05, 4.69) is 42.1 Å². The minimum atomic E-state index is -4.69. The number of methoxy groups -OCH3 is 1. The Labute approximate surface area is 284 Å². The first-order valence-electron chi connectivity index (χ1n) is 16.7. The molecule has 11 nitrogen and oxygen atoms in total. The fourth-order valence-corrected chi connectivity index (χ4v) is 7.13. The van der Waals surface area contributed by atoms with Gasteiger partial charge < -0.3 is 19.9 Å². The van der Waals surface area contributed by atoms with E-state index in [4.69, 9.17) is 9.57 Å². The van der Waals surface area contributed by atoms with Gasteiger partial charge in [-0.15, -0.1) is 0 Å². The summed E-state index contributed by atoms with van der Waals surface area (Å²) in [6.45, 7) is 6.44. The van der Waals surface area contributed by atoms with E-state index in [0.29, 0.717) is 23.9 Å². The molecule has 2 aromatic carbocycles. The van der Waals surface area contributed by atoms with E-state index in [1.54, 1.807) is 11.8 Å². The summed E-state index contributed by atoms with van der Waals surface area (Å²) >= 11 is 0. The summed E-state index contributed by atoms with van der Waals surface area (Å²) < 4.78 is 50.5. The van der Waals surface area contributed by atoms with Crippen LogP contribution in [0.4, 0.5) is 36.3 Å². The molecule has 0 radical (unpaired) electrons. The van der Waals surface area contributed by atoms with Crippen molar-refractivity contribution in [3.8, 4) is 16.9 Å². The molecule has 4 aromatic rings. The smallest absolute Gasteiger partial charge is 0.421 e. The molecular weight excluding hydrogens is 635 g/mol. The molecule has 1 unspecified atom stereocenters. The molecule has 3 fully saturated rings. The number of ether oxygens (including phenoxy) is 1. The molecule has 1 atom stereocenters. The number of piperidine rings is 1. The van der Waals surface area contributed by atoms with Gasteiger partial charge in [-0.05, 0) is 31.5 Å². The molecule has 0 saturated carbocycles.